The van der Waals surface area contributed by atoms with Crippen LogP contribution < -0.4 is 10.1 Å². The van der Waals surface area contributed by atoms with Crippen LogP contribution in [0.25, 0.3) is 0 Å². The highest BCUT2D eigenvalue weighted by Gasteiger charge is 2.19. The van der Waals surface area contributed by atoms with Crippen LogP contribution in [0.4, 0.5) is 0 Å². The van der Waals surface area contributed by atoms with Crippen LogP contribution in [-0.4, -0.2) is 32.6 Å². The number of sulfone groups is 1. The zero-order valence-electron chi connectivity index (χ0n) is 12.0. The van der Waals surface area contributed by atoms with E-state index >= 15 is 0 Å². The maximum absolute atomic E-state index is 11.3. The second-order valence-electron chi connectivity index (χ2n) is 5.24. The van der Waals surface area contributed by atoms with E-state index in [4.69, 9.17) is 4.74 Å². The van der Waals surface area contributed by atoms with E-state index in [1.54, 1.807) is 6.92 Å². The number of rotatable bonds is 9. The van der Waals surface area contributed by atoms with Gasteiger partial charge in [-0.25, -0.2) is 8.42 Å². The number of hydrogen-bond acceptors (Lipinski definition) is 4. The second kappa shape index (κ2) is 7.09. The highest BCUT2D eigenvalue weighted by Crippen LogP contribution is 2.20. The van der Waals surface area contributed by atoms with Crippen LogP contribution in [0.3, 0.4) is 0 Å². The minimum absolute atomic E-state index is 0.201. The number of ether oxygens (including phenoxy) is 1. The van der Waals surface area contributed by atoms with Gasteiger partial charge in [-0.05, 0) is 37.0 Å². The lowest BCUT2D eigenvalue weighted by atomic mass is 10.2. The van der Waals surface area contributed by atoms with E-state index < -0.39 is 9.84 Å². The number of hydrogen-bond donors (Lipinski definition) is 1. The summed E-state index contributed by atoms with van der Waals surface area (Å²) >= 11 is 0. The van der Waals surface area contributed by atoms with Crippen molar-refractivity contribution in [3.63, 3.8) is 0 Å². The van der Waals surface area contributed by atoms with E-state index in [0.717, 1.165) is 12.3 Å². The van der Waals surface area contributed by atoms with Crippen molar-refractivity contribution in [1.29, 1.82) is 0 Å². The quantitative estimate of drug-likeness (QED) is 0.710. The summed E-state index contributed by atoms with van der Waals surface area (Å²) in [4.78, 5) is 0. The van der Waals surface area contributed by atoms with Gasteiger partial charge in [-0.1, -0.05) is 19.1 Å². The average Bonchev–Trinajstić information content (AvgIpc) is 3.27. The summed E-state index contributed by atoms with van der Waals surface area (Å²) in [6.45, 7) is 3.02. The van der Waals surface area contributed by atoms with E-state index in [1.165, 1.54) is 18.4 Å². The molecule has 2 rings (SSSR count). The van der Waals surface area contributed by atoms with Gasteiger partial charge in [0.05, 0.1) is 12.4 Å². The smallest absolute Gasteiger partial charge is 0.150 e. The number of benzene rings is 1. The molecule has 1 aromatic rings. The maximum atomic E-state index is 11.3. The fraction of sp³-hybridized carbons (Fsp3) is 0.600. The van der Waals surface area contributed by atoms with E-state index in [9.17, 15) is 8.42 Å². The first-order chi connectivity index (χ1) is 9.59. The predicted molar refractivity (Wildman–Crippen MR) is 80.7 cm³/mol. The summed E-state index contributed by atoms with van der Waals surface area (Å²) in [5.41, 5.74) is 1.25. The molecule has 1 aliphatic carbocycles. The van der Waals surface area contributed by atoms with E-state index in [-0.39, 0.29) is 11.5 Å². The minimum Gasteiger partial charge on any atom is -0.494 e. The SMILES string of the molecule is CCS(=O)(=O)CCCOc1ccc(CNC2CC2)cc1. The maximum Gasteiger partial charge on any atom is 0.150 e. The Labute approximate surface area is 121 Å². The molecule has 1 aliphatic rings. The van der Waals surface area contributed by atoms with Crippen molar-refractivity contribution in [2.45, 2.75) is 38.8 Å². The lowest BCUT2D eigenvalue weighted by Gasteiger charge is -2.08. The summed E-state index contributed by atoms with van der Waals surface area (Å²) in [5.74, 6) is 1.21. The van der Waals surface area contributed by atoms with Gasteiger partial charge in [-0.2, -0.15) is 0 Å². The summed E-state index contributed by atoms with van der Waals surface area (Å²) < 4.78 is 28.2. The Hall–Kier alpha value is -1.07. The van der Waals surface area contributed by atoms with Gasteiger partial charge in [-0.15, -0.1) is 0 Å². The molecular formula is C15H23NO3S. The zero-order valence-corrected chi connectivity index (χ0v) is 12.8. The Morgan fingerprint density at radius 3 is 2.55 bits per heavy atom. The highest BCUT2D eigenvalue weighted by molar-refractivity contribution is 7.91. The molecular weight excluding hydrogens is 274 g/mol. The van der Waals surface area contributed by atoms with Gasteiger partial charge in [0, 0.05) is 18.3 Å². The van der Waals surface area contributed by atoms with Crippen molar-refractivity contribution in [1.82, 2.24) is 5.32 Å². The third-order valence-electron chi connectivity index (χ3n) is 3.40. The molecule has 0 saturated heterocycles. The van der Waals surface area contributed by atoms with Gasteiger partial charge in [0.15, 0.2) is 0 Å². The summed E-state index contributed by atoms with van der Waals surface area (Å²) in [6.07, 6.45) is 3.13. The standard InChI is InChI=1S/C15H23NO3S/c1-2-20(17,18)11-3-10-19-15-8-4-13(5-9-15)12-16-14-6-7-14/h4-5,8-9,14,16H,2-3,6-7,10-12H2,1H3. The van der Waals surface area contributed by atoms with Gasteiger partial charge >= 0.3 is 0 Å². The molecule has 0 heterocycles. The Morgan fingerprint density at radius 1 is 1.25 bits per heavy atom. The lowest BCUT2D eigenvalue weighted by molar-refractivity contribution is 0.317. The van der Waals surface area contributed by atoms with Crippen LogP contribution in [-0.2, 0) is 16.4 Å². The summed E-state index contributed by atoms with van der Waals surface area (Å²) in [5, 5.41) is 3.46. The van der Waals surface area contributed by atoms with Crippen LogP contribution in [0.1, 0.15) is 31.7 Å². The average molecular weight is 297 g/mol. The number of nitrogens with one attached hydrogen (secondary N) is 1. The largest absolute Gasteiger partial charge is 0.494 e. The Bertz CT molecular complexity index is 506. The molecule has 20 heavy (non-hydrogen) atoms. The summed E-state index contributed by atoms with van der Waals surface area (Å²) in [6, 6.07) is 8.70. The van der Waals surface area contributed by atoms with Gasteiger partial charge in [0.25, 0.3) is 0 Å². The van der Waals surface area contributed by atoms with Crippen molar-refractivity contribution in [2.24, 2.45) is 0 Å². The monoisotopic (exact) mass is 297 g/mol. The van der Waals surface area contributed by atoms with E-state index in [2.05, 4.69) is 5.32 Å². The molecule has 0 spiro atoms. The molecule has 1 fully saturated rings. The van der Waals surface area contributed by atoms with E-state index in [1.807, 2.05) is 24.3 Å². The second-order valence-corrected chi connectivity index (χ2v) is 7.71. The van der Waals surface area contributed by atoms with E-state index in [0.29, 0.717) is 19.1 Å². The summed E-state index contributed by atoms with van der Waals surface area (Å²) in [7, 11) is -2.88. The Balaban J connectivity index is 1.67. The molecule has 4 nitrogen and oxygen atoms in total. The molecule has 0 atom stereocenters. The fourth-order valence-electron chi connectivity index (χ4n) is 1.87. The van der Waals surface area contributed by atoms with Gasteiger partial charge < -0.3 is 10.1 Å². The molecule has 1 N–H and O–H groups in total. The van der Waals surface area contributed by atoms with Gasteiger partial charge in [-0.3, -0.25) is 0 Å². The van der Waals surface area contributed by atoms with Crippen LogP contribution in [0.2, 0.25) is 0 Å². The van der Waals surface area contributed by atoms with Crippen LogP contribution in [0, 0.1) is 0 Å². The predicted octanol–water partition coefficient (Wildman–Crippen LogP) is 2.14. The van der Waals surface area contributed by atoms with Gasteiger partial charge in [0.2, 0.25) is 0 Å². The normalized spacial score (nSPS) is 15.2. The topological polar surface area (TPSA) is 55.4 Å². The van der Waals surface area contributed by atoms with Crippen LogP contribution >= 0.6 is 0 Å². The van der Waals surface area contributed by atoms with Crippen molar-refractivity contribution >= 4 is 9.84 Å². The molecule has 112 valence electrons. The first-order valence-electron chi connectivity index (χ1n) is 7.24. The molecule has 0 amide bonds. The molecule has 1 aromatic carbocycles. The van der Waals surface area contributed by atoms with Crippen LogP contribution in [0.15, 0.2) is 24.3 Å². The molecule has 0 bridgehead atoms. The molecule has 0 radical (unpaired) electrons. The lowest BCUT2D eigenvalue weighted by Crippen LogP contribution is -2.15. The first kappa shape index (κ1) is 15.3. The molecule has 0 unspecified atom stereocenters. The minimum atomic E-state index is -2.88. The third-order valence-corrected chi connectivity index (χ3v) is 5.19. The third kappa shape index (κ3) is 5.51. The Morgan fingerprint density at radius 2 is 1.95 bits per heavy atom. The highest BCUT2D eigenvalue weighted by atomic mass is 32.2. The van der Waals surface area contributed by atoms with Crippen molar-refractivity contribution in [2.75, 3.05) is 18.1 Å². The Kier molecular flexibility index (Phi) is 5.43. The fourth-order valence-corrected chi connectivity index (χ4v) is 2.71. The van der Waals surface area contributed by atoms with Crippen molar-refractivity contribution in [3.05, 3.63) is 29.8 Å². The zero-order chi connectivity index (χ0) is 14.4. The molecule has 1 saturated carbocycles. The van der Waals surface area contributed by atoms with Gasteiger partial charge in [0.1, 0.15) is 15.6 Å². The van der Waals surface area contributed by atoms with Crippen LogP contribution in [0.5, 0.6) is 5.75 Å². The van der Waals surface area contributed by atoms with Crippen molar-refractivity contribution < 1.29 is 13.2 Å². The van der Waals surface area contributed by atoms with Crippen molar-refractivity contribution in [3.8, 4) is 5.75 Å². The molecule has 5 heteroatoms. The molecule has 0 aromatic heterocycles. The molecule has 0 aliphatic heterocycles. The first-order valence-corrected chi connectivity index (χ1v) is 9.07.